The van der Waals surface area contributed by atoms with Crippen molar-refractivity contribution in [2.75, 3.05) is 5.75 Å². The monoisotopic (exact) mass is 260 g/mol. The van der Waals surface area contributed by atoms with Crippen LogP contribution in [0.25, 0.3) is 10.8 Å². The highest BCUT2D eigenvalue weighted by Gasteiger charge is 2.21. The summed E-state index contributed by atoms with van der Waals surface area (Å²) in [5.41, 5.74) is 1.09. The average molecular weight is 260 g/mol. The Morgan fingerprint density at radius 1 is 1.11 bits per heavy atom. The molecule has 1 nitrogen and oxygen atoms in total. The zero-order valence-corrected chi connectivity index (χ0v) is 12.0. The van der Waals surface area contributed by atoms with E-state index in [1.165, 1.54) is 10.8 Å². The van der Waals surface area contributed by atoms with Gasteiger partial charge in [-0.05, 0) is 28.5 Å². The molecule has 0 radical (unpaired) electrons. The van der Waals surface area contributed by atoms with Gasteiger partial charge in [0.15, 0.2) is 0 Å². The maximum absolute atomic E-state index is 10.2. The molecule has 96 valence electrons. The molecule has 18 heavy (non-hydrogen) atoms. The lowest BCUT2D eigenvalue weighted by molar-refractivity contribution is 0.463. The summed E-state index contributed by atoms with van der Waals surface area (Å²) in [4.78, 5) is 0. The summed E-state index contributed by atoms with van der Waals surface area (Å²) < 4.78 is 0. The largest absolute Gasteiger partial charge is 0.508 e. The summed E-state index contributed by atoms with van der Waals surface area (Å²) in [6, 6.07) is 12.1. The van der Waals surface area contributed by atoms with Crippen LogP contribution in [0.3, 0.4) is 0 Å². The van der Waals surface area contributed by atoms with Crippen molar-refractivity contribution in [2.24, 2.45) is 5.92 Å². The Labute approximate surface area is 113 Å². The van der Waals surface area contributed by atoms with Crippen molar-refractivity contribution in [3.05, 3.63) is 42.0 Å². The van der Waals surface area contributed by atoms with Gasteiger partial charge >= 0.3 is 0 Å². The predicted octanol–water partition coefficient (Wildman–Crippen LogP) is 5.00. The second-order valence-corrected chi connectivity index (χ2v) is 6.26. The van der Waals surface area contributed by atoms with Gasteiger partial charge in [0.2, 0.25) is 0 Å². The highest BCUT2D eigenvalue weighted by atomic mass is 32.2. The summed E-state index contributed by atoms with van der Waals surface area (Å²) in [6.45, 7) is 6.60. The smallest absolute Gasteiger partial charge is 0.120 e. The van der Waals surface area contributed by atoms with Crippen LogP contribution in [0.15, 0.2) is 36.4 Å². The standard InChI is InChI=1S/C16H20OS/c1-4-18-16(11(2)3)15-13-8-6-5-7-12(13)9-10-14(15)17/h5-11,16-17H,4H2,1-3H3. The summed E-state index contributed by atoms with van der Waals surface area (Å²) in [6.07, 6.45) is 0. The van der Waals surface area contributed by atoms with E-state index in [2.05, 4.69) is 32.9 Å². The van der Waals surface area contributed by atoms with Gasteiger partial charge in [-0.3, -0.25) is 0 Å². The first kappa shape index (κ1) is 13.3. The van der Waals surface area contributed by atoms with Crippen molar-refractivity contribution in [1.29, 1.82) is 0 Å². The van der Waals surface area contributed by atoms with E-state index in [0.717, 1.165) is 11.3 Å². The lowest BCUT2D eigenvalue weighted by Crippen LogP contribution is -2.04. The van der Waals surface area contributed by atoms with Crippen molar-refractivity contribution in [1.82, 2.24) is 0 Å². The third-order valence-electron chi connectivity index (χ3n) is 3.18. The van der Waals surface area contributed by atoms with E-state index in [4.69, 9.17) is 0 Å². The van der Waals surface area contributed by atoms with Gasteiger partial charge in [0.25, 0.3) is 0 Å². The molecule has 0 amide bonds. The van der Waals surface area contributed by atoms with E-state index in [1.54, 1.807) is 0 Å². The zero-order chi connectivity index (χ0) is 13.1. The molecular formula is C16H20OS. The van der Waals surface area contributed by atoms with Gasteiger partial charge in [-0.2, -0.15) is 11.8 Å². The molecule has 0 bridgehead atoms. The summed E-state index contributed by atoms with van der Waals surface area (Å²) >= 11 is 1.91. The lowest BCUT2D eigenvalue weighted by Gasteiger charge is -2.23. The minimum absolute atomic E-state index is 0.348. The Morgan fingerprint density at radius 3 is 2.50 bits per heavy atom. The molecule has 0 fully saturated rings. The van der Waals surface area contributed by atoms with Gasteiger partial charge in [-0.25, -0.2) is 0 Å². The van der Waals surface area contributed by atoms with Crippen molar-refractivity contribution < 1.29 is 5.11 Å². The molecule has 1 unspecified atom stereocenters. The van der Waals surface area contributed by atoms with Crippen LogP contribution in [-0.4, -0.2) is 10.9 Å². The number of benzene rings is 2. The van der Waals surface area contributed by atoms with Crippen LogP contribution in [0.5, 0.6) is 5.75 Å². The van der Waals surface area contributed by atoms with Crippen LogP contribution >= 0.6 is 11.8 Å². The van der Waals surface area contributed by atoms with Gasteiger partial charge in [0.05, 0.1) is 0 Å². The number of hydrogen-bond acceptors (Lipinski definition) is 2. The van der Waals surface area contributed by atoms with Crippen LogP contribution in [0, 0.1) is 5.92 Å². The van der Waals surface area contributed by atoms with Gasteiger partial charge in [0, 0.05) is 10.8 Å². The maximum atomic E-state index is 10.2. The van der Waals surface area contributed by atoms with Crippen molar-refractivity contribution in [2.45, 2.75) is 26.0 Å². The molecule has 0 saturated heterocycles. The van der Waals surface area contributed by atoms with Crippen molar-refractivity contribution in [3.63, 3.8) is 0 Å². The zero-order valence-electron chi connectivity index (χ0n) is 11.2. The van der Waals surface area contributed by atoms with Gasteiger partial charge in [-0.15, -0.1) is 0 Å². The first-order valence-corrected chi connectivity index (χ1v) is 7.52. The predicted molar refractivity (Wildman–Crippen MR) is 81.3 cm³/mol. The van der Waals surface area contributed by atoms with Crippen LogP contribution < -0.4 is 0 Å². The fourth-order valence-corrected chi connectivity index (χ4v) is 3.53. The van der Waals surface area contributed by atoms with Gasteiger partial charge in [-0.1, -0.05) is 51.1 Å². The normalized spacial score (nSPS) is 13.1. The van der Waals surface area contributed by atoms with E-state index in [0.29, 0.717) is 16.9 Å². The number of phenols is 1. The Balaban J connectivity index is 2.63. The topological polar surface area (TPSA) is 20.2 Å². The van der Waals surface area contributed by atoms with Gasteiger partial charge < -0.3 is 5.11 Å². The number of aromatic hydroxyl groups is 1. The molecule has 0 heterocycles. The van der Waals surface area contributed by atoms with E-state index in [1.807, 2.05) is 36.0 Å². The summed E-state index contributed by atoms with van der Waals surface area (Å²) in [7, 11) is 0. The van der Waals surface area contributed by atoms with E-state index < -0.39 is 0 Å². The summed E-state index contributed by atoms with van der Waals surface area (Å²) in [5, 5.41) is 13.0. The minimum Gasteiger partial charge on any atom is -0.508 e. The SMILES string of the molecule is CCSC(c1c(O)ccc2ccccc12)C(C)C. The Morgan fingerprint density at radius 2 is 1.83 bits per heavy atom. The molecule has 0 saturated carbocycles. The minimum atomic E-state index is 0.348. The second kappa shape index (κ2) is 5.66. The molecule has 2 heteroatoms. The lowest BCUT2D eigenvalue weighted by atomic mass is 9.95. The molecular weight excluding hydrogens is 240 g/mol. The number of rotatable bonds is 4. The molecule has 0 aromatic heterocycles. The van der Waals surface area contributed by atoms with E-state index in [9.17, 15) is 5.11 Å². The van der Waals surface area contributed by atoms with Crippen molar-refractivity contribution in [3.8, 4) is 5.75 Å². The first-order chi connectivity index (χ1) is 8.65. The number of phenolic OH excluding ortho intramolecular Hbond substituents is 1. The quantitative estimate of drug-likeness (QED) is 0.835. The molecule has 0 aliphatic carbocycles. The maximum Gasteiger partial charge on any atom is 0.120 e. The molecule has 1 N–H and O–H groups in total. The number of thioether (sulfide) groups is 1. The van der Waals surface area contributed by atoms with Crippen LogP contribution in [0.4, 0.5) is 0 Å². The molecule has 2 aromatic carbocycles. The van der Waals surface area contributed by atoms with Crippen LogP contribution in [0.1, 0.15) is 31.6 Å². The van der Waals surface area contributed by atoms with Gasteiger partial charge in [0.1, 0.15) is 5.75 Å². The molecule has 0 spiro atoms. The fourth-order valence-electron chi connectivity index (χ4n) is 2.37. The van der Waals surface area contributed by atoms with E-state index in [-0.39, 0.29) is 0 Å². The first-order valence-electron chi connectivity index (χ1n) is 6.47. The Hall–Kier alpha value is -1.15. The molecule has 2 rings (SSSR count). The highest BCUT2D eigenvalue weighted by Crippen LogP contribution is 2.43. The number of hydrogen-bond donors (Lipinski definition) is 1. The highest BCUT2D eigenvalue weighted by molar-refractivity contribution is 7.99. The average Bonchev–Trinajstić information content (AvgIpc) is 2.36. The Kier molecular flexibility index (Phi) is 4.18. The molecule has 2 aromatic rings. The van der Waals surface area contributed by atoms with E-state index >= 15 is 0 Å². The van der Waals surface area contributed by atoms with Crippen LogP contribution in [-0.2, 0) is 0 Å². The fraction of sp³-hybridized carbons (Fsp3) is 0.375. The second-order valence-electron chi connectivity index (χ2n) is 4.84. The third-order valence-corrected chi connectivity index (χ3v) is 4.66. The molecule has 0 aliphatic rings. The van der Waals surface area contributed by atoms with Crippen LogP contribution in [0.2, 0.25) is 0 Å². The molecule has 1 atom stereocenters. The Bertz CT molecular complexity index is 534. The number of fused-ring (bicyclic) bond motifs is 1. The van der Waals surface area contributed by atoms with Crippen molar-refractivity contribution >= 4 is 22.5 Å². The third kappa shape index (κ3) is 2.49. The molecule has 0 aliphatic heterocycles. The summed E-state index contributed by atoms with van der Waals surface area (Å²) in [5.74, 6) is 1.99.